The molecule has 102 valence electrons. The predicted octanol–water partition coefficient (Wildman–Crippen LogP) is 2.30. The van der Waals surface area contributed by atoms with Crippen molar-refractivity contribution in [2.45, 2.75) is 6.42 Å². The molecule has 0 radical (unpaired) electrons. The summed E-state index contributed by atoms with van der Waals surface area (Å²) in [6.07, 6.45) is 2.10. The molecule has 0 fully saturated rings. The summed E-state index contributed by atoms with van der Waals surface area (Å²) in [5.41, 5.74) is 8.00. The van der Waals surface area contributed by atoms with Crippen LogP contribution in [0.25, 0.3) is 11.6 Å². The number of nitrogens with two attached hydrogens (primary N) is 1. The van der Waals surface area contributed by atoms with Crippen molar-refractivity contribution >= 4 is 17.3 Å². The van der Waals surface area contributed by atoms with Crippen LogP contribution < -0.4 is 5.73 Å². The Morgan fingerprint density at radius 3 is 2.65 bits per heavy atom. The van der Waals surface area contributed by atoms with Gasteiger partial charge in [-0.3, -0.25) is 4.68 Å². The first-order valence-electron chi connectivity index (χ1n) is 5.98. The van der Waals surface area contributed by atoms with Crippen molar-refractivity contribution in [2.75, 3.05) is 5.73 Å². The van der Waals surface area contributed by atoms with Gasteiger partial charge in [0.2, 0.25) is 5.89 Å². The van der Waals surface area contributed by atoms with Crippen molar-refractivity contribution in [1.29, 1.82) is 0 Å². The molecule has 0 aliphatic heterocycles. The summed E-state index contributed by atoms with van der Waals surface area (Å²) in [6.45, 7) is 0. The highest BCUT2D eigenvalue weighted by Gasteiger charge is 2.15. The van der Waals surface area contributed by atoms with Gasteiger partial charge in [-0.2, -0.15) is 5.10 Å². The van der Waals surface area contributed by atoms with E-state index in [2.05, 4.69) is 15.3 Å². The first kappa shape index (κ1) is 12.7. The van der Waals surface area contributed by atoms with Crippen molar-refractivity contribution in [3.05, 3.63) is 46.9 Å². The van der Waals surface area contributed by atoms with Crippen LogP contribution in [0, 0.1) is 0 Å². The molecule has 0 aliphatic rings. The summed E-state index contributed by atoms with van der Waals surface area (Å²) in [6, 6.07) is 7.50. The van der Waals surface area contributed by atoms with Gasteiger partial charge >= 0.3 is 0 Å². The maximum atomic E-state index is 5.85. The first-order valence-corrected chi connectivity index (χ1v) is 6.36. The second kappa shape index (κ2) is 4.97. The van der Waals surface area contributed by atoms with E-state index in [-0.39, 0.29) is 0 Å². The fourth-order valence-electron chi connectivity index (χ4n) is 1.91. The third-order valence-corrected chi connectivity index (χ3v) is 3.16. The highest BCUT2D eigenvalue weighted by molar-refractivity contribution is 6.30. The third-order valence-electron chi connectivity index (χ3n) is 2.91. The second-order valence-corrected chi connectivity index (χ2v) is 4.81. The van der Waals surface area contributed by atoms with E-state index in [1.165, 1.54) is 0 Å². The van der Waals surface area contributed by atoms with Gasteiger partial charge in [0.15, 0.2) is 0 Å². The average Bonchev–Trinajstić information content (AvgIpc) is 3.00. The van der Waals surface area contributed by atoms with Crippen LogP contribution >= 0.6 is 11.6 Å². The van der Waals surface area contributed by atoms with Crippen LogP contribution in [0.1, 0.15) is 11.5 Å². The number of hydrogen-bond donors (Lipinski definition) is 1. The fraction of sp³-hybridized carbons (Fsp3) is 0.154. The monoisotopic (exact) mass is 289 g/mol. The van der Waals surface area contributed by atoms with Crippen molar-refractivity contribution < 1.29 is 4.42 Å². The Kier molecular flexibility index (Phi) is 3.15. The summed E-state index contributed by atoms with van der Waals surface area (Å²) < 4.78 is 7.23. The molecule has 0 unspecified atom stereocenters. The molecule has 0 saturated carbocycles. The Balaban J connectivity index is 1.85. The molecule has 0 saturated heterocycles. The number of anilines is 1. The minimum Gasteiger partial charge on any atom is -0.419 e. The quantitative estimate of drug-likeness (QED) is 0.800. The van der Waals surface area contributed by atoms with Gasteiger partial charge in [0.25, 0.3) is 5.89 Å². The molecule has 0 aliphatic carbocycles. The molecule has 1 aromatic carbocycles. The lowest BCUT2D eigenvalue weighted by molar-refractivity contribution is 0.513. The average molecular weight is 290 g/mol. The smallest absolute Gasteiger partial charge is 0.268 e. The van der Waals surface area contributed by atoms with Crippen molar-refractivity contribution in [1.82, 2.24) is 20.0 Å². The lowest BCUT2D eigenvalue weighted by Crippen LogP contribution is -1.95. The molecular weight excluding hydrogens is 278 g/mol. The molecule has 0 spiro atoms. The molecule has 20 heavy (non-hydrogen) atoms. The van der Waals surface area contributed by atoms with Crippen molar-refractivity contribution in [3.8, 4) is 11.6 Å². The topological polar surface area (TPSA) is 82.8 Å². The standard InChI is InChI=1S/C13H12ClN5O/c1-19-12(10(15)7-16-19)13-18-17-11(20-13)6-8-2-4-9(14)5-3-8/h2-5,7H,6,15H2,1H3. The van der Waals surface area contributed by atoms with Crippen LogP contribution in [0.15, 0.2) is 34.9 Å². The van der Waals surface area contributed by atoms with Gasteiger partial charge in [0.05, 0.1) is 18.3 Å². The van der Waals surface area contributed by atoms with Crippen LogP contribution in [-0.4, -0.2) is 20.0 Å². The number of nitrogen functional groups attached to an aromatic ring is 1. The molecule has 0 atom stereocenters. The second-order valence-electron chi connectivity index (χ2n) is 4.38. The molecule has 3 rings (SSSR count). The van der Waals surface area contributed by atoms with E-state index in [1.54, 1.807) is 17.9 Å². The molecule has 2 heterocycles. The molecule has 7 heteroatoms. The molecular formula is C13H12ClN5O. The maximum Gasteiger partial charge on any atom is 0.268 e. The number of nitrogens with zero attached hydrogens (tertiary/aromatic N) is 4. The van der Waals surface area contributed by atoms with Crippen LogP contribution in [-0.2, 0) is 13.5 Å². The van der Waals surface area contributed by atoms with Crippen molar-refractivity contribution in [3.63, 3.8) is 0 Å². The predicted molar refractivity (Wildman–Crippen MR) is 75.2 cm³/mol. The number of aromatic nitrogens is 4. The van der Waals surface area contributed by atoms with Gasteiger partial charge in [-0.05, 0) is 17.7 Å². The number of hydrogen-bond acceptors (Lipinski definition) is 5. The van der Waals surface area contributed by atoms with Crippen LogP contribution in [0.5, 0.6) is 0 Å². The summed E-state index contributed by atoms with van der Waals surface area (Å²) >= 11 is 5.85. The molecule has 6 nitrogen and oxygen atoms in total. The van der Waals surface area contributed by atoms with E-state index >= 15 is 0 Å². The van der Waals surface area contributed by atoms with E-state index in [0.717, 1.165) is 5.56 Å². The Morgan fingerprint density at radius 2 is 2.00 bits per heavy atom. The van der Waals surface area contributed by atoms with Gasteiger partial charge in [-0.1, -0.05) is 23.7 Å². The first-order chi connectivity index (χ1) is 9.63. The van der Waals surface area contributed by atoms with Crippen LogP contribution in [0.3, 0.4) is 0 Å². The Labute approximate surface area is 120 Å². The summed E-state index contributed by atoms with van der Waals surface area (Å²) in [5, 5.41) is 12.8. The molecule has 3 aromatic rings. The van der Waals surface area contributed by atoms with E-state index in [4.69, 9.17) is 21.8 Å². The highest BCUT2D eigenvalue weighted by atomic mass is 35.5. The van der Waals surface area contributed by atoms with Gasteiger partial charge < -0.3 is 10.2 Å². The largest absolute Gasteiger partial charge is 0.419 e. The number of rotatable bonds is 3. The Hall–Kier alpha value is -2.34. The van der Waals surface area contributed by atoms with E-state index in [1.807, 2.05) is 24.3 Å². The molecule has 0 bridgehead atoms. The Morgan fingerprint density at radius 1 is 1.25 bits per heavy atom. The minimum absolute atomic E-state index is 0.367. The maximum absolute atomic E-state index is 5.85. The summed E-state index contributed by atoms with van der Waals surface area (Å²) in [4.78, 5) is 0. The Bertz CT molecular complexity index is 712. The summed E-state index contributed by atoms with van der Waals surface area (Å²) in [5.74, 6) is 0.884. The normalized spacial score (nSPS) is 10.9. The number of aryl methyl sites for hydroxylation is 1. The third kappa shape index (κ3) is 2.37. The fourth-order valence-corrected chi connectivity index (χ4v) is 2.04. The number of benzene rings is 1. The minimum atomic E-state index is 0.367. The lowest BCUT2D eigenvalue weighted by atomic mass is 10.1. The summed E-state index contributed by atoms with van der Waals surface area (Å²) in [7, 11) is 1.77. The SMILES string of the molecule is Cn1ncc(N)c1-c1nnc(Cc2ccc(Cl)cc2)o1. The van der Waals surface area contributed by atoms with Crippen LogP contribution in [0.2, 0.25) is 5.02 Å². The molecule has 2 N–H and O–H groups in total. The van der Waals surface area contributed by atoms with Gasteiger partial charge in [0, 0.05) is 12.1 Å². The highest BCUT2D eigenvalue weighted by Crippen LogP contribution is 2.24. The van der Waals surface area contributed by atoms with E-state index in [0.29, 0.717) is 34.6 Å². The van der Waals surface area contributed by atoms with Gasteiger partial charge in [-0.15, -0.1) is 10.2 Å². The zero-order chi connectivity index (χ0) is 14.1. The molecule has 2 aromatic heterocycles. The van der Waals surface area contributed by atoms with E-state index in [9.17, 15) is 0 Å². The molecule has 0 amide bonds. The zero-order valence-corrected chi connectivity index (χ0v) is 11.5. The van der Waals surface area contributed by atoms with Crippen LogP contribution in [0.4, 0.5) is 5.69 Å². The number of halogens is 1. The van der Waals surface area contributed by atoms with Gasteiger partial charge in [-0.25, -0.2) is 0 Å². The zero-order valence-electron chi connectivity index (χ0n) is 10.7. The van der Waals surface area contributed by atoms with E-state index < -0.39 is 0 Å². The lowest BCUT2D eigenvalue weighted by Gasteiger charge is -1.98. The van der Waals surface area contributed by atoms with Crippen molar-refractivity contribution in [2.24, 2.45) is 7.05 Å². The van der Waals surface area contributed by atoms with Gasteiger partial charge in [0.1, 0.15) is 5.69 Å².